The maximum atomic E-state index is 10.8. The number of carbonyl (C=O) groups is 1. The maximum absolute atomic E-state index is 10.8. The van der Waals surface area contributed by atoms with Crippen LogP contribution < -0.4 is 56.5 Å². The summed E-state index contributed by atoms with van der Waals surface area (Å²) in [5.74, 6) is -0.410. The summed E-state index contributed by atoms with van der Waals surface area (Å²) in [5, 5.41) is 14.3. The first-order valence-electron chi connectivity index (χ1n) is 5.44. The number of halogens is 1. The van der Waals surface area contributed by atoms with Crippen molar-refractivity contribution in [3.63, 3.8) is 0 Å². The Kier molecular flexibility index (Phi) is 6.50. The summed E-state index contributed by atoms with van der Waals surface area (Å²) in [5.41, 5.74) is 0.345. The second-order valence-electron chi connectivity index (χ2n) is 4.36. The smallest absolute Gasteiger partial charge is 0.543 e. The van der Waals surface area contributed by atoms with Gasteiger partial charge >= 0.3 is 51.4 Å². The van der Waals surface area contributed by atoms with E-state index >= 15 is 0 Å². The van der Waals surface area contributed by atoms with Crippen LogP contribution in [0.3, 0.4) is 0 Å². The molecule has 1 aliphatic rings. The number of carboxylic acid groups (broad SMARTS) is 1. The zero-order valence-electron chi connectivity index (χ0n) is 10.6. The van der Waals surface area contributed by atoms with E-state index < -0.39 is 5.97 Å². The predicted molar refractivity (Wildman–Crippen MR) is 60.8 cm³/mol. The number of aromatic nitrogens is 1. The Bertz CT molecular complexity index is 437. The Morgan fingerprint density at radius 1 is 1.56 bits per heavy atom. The van der Waals surface area contributed by atoms with Gasteiger partial charge in [-0.2, -0.15) is 0 Å². The third-order valence-electron chi connectivity index (χ3n) is 3.06. The van der Waals surface area contributed by atoms with E-state index in [0.29, 0.717) is 28.7 Å². The molecular formula is C11H13BrKNO4. The van der Waals surface area contributed by atoms with Crippen molar-refractivity contribution in [2.45, 2.75) is 31.2 Å². The molecule has 3 unspecified atom stereocenters. The van der Waals surface area contributed by atoms with Crippen LogP contribution in [0.2, 0.25) is 0 Å². The molecule has 1 aromatic rings. The molecule has 1 aromatic heterocycles. The molecule has 5 nitrogen and oxygen atoms in total. The van der Waals surface area contributed by atoms with E-state index in [4.69, 9.17) is 9.26 Å². The van der Waals surface area contributed by atoms with Crippen LogP contribution in [-0.4, -0.2) is 22.6 Å². The minimum Gasteiger partial charge on any atom is -0.543 e. The van der Waals surface area contributed by atoms with Gasteiger partial charge in [-0.1, -0.05) is 28.0 Å². The summed E-state index contributed by atoms with van der Waals surface area (Å²) in [6, 6.07) is 0. The van der Waals surface area contributed by atoms with E-state index in [1.165, 1.54) is 0 Å². The molecule has 0 aromatic carbocycles. The number of carbonyl (C=O) groups excluding carboxylic acids is 1. The normalized spacial score (nSPS) is 27.6. The Balaban J connectivity index is 0.00000162. The maximum Gasteiger partial charge on any atom is 1.00 e. The van der Waals surface area contributed by atoms with Crippen molar-refractivity contribution in [1.82, 2.24) is 5.16 Å². The molecule has 0 amide bonds. The summed E-state index contributed by atoms with van der Waals surface area (Å²) < 4.78 is 10.7. The molecule has 0 aliphatic carbocycles. The molecule has 94 valence electrons. The van der Waals surface area contributed by atoms with E-state index in [2.05, 4.69) is 28.0 Å². The predicted octanol–water partition coefficient (Wildman–Crippen LogP) is -1.79. The monoisotopic (exact) mass is 341 g/mol. The van der Waals surface area contributed by atoms with Gasteiger partial charge in [0.25, 0.3) is 0 Å². The van der Waals surface area contributed by atoms with Gasteiger partial charge in [0.2, 0.25) is 0 Å². The first kappa shape index (κ1) is 16.8. The van der Waals surface area contributed by atoms with Gasteiger partial charge < -0.3 is 19.2 Å². The molecule has 18 heavy (non-hydrogen) atoms. The summed E-state index contributed by atoms with van der Waals surface area (Å²) in [6.07, 6.45) is 0.500. The van der Waals surface area contributed by atoms with E-state index in [9.17, 15) is 9.90 Å². The number of nitrogens with zero attached hydrogens (tertiary/aromatic N) is 1. The molecule has 0 saturated carbocycles. The van der Waals surface area contributed by atoms with Crippen molar-refractivity contribution in [1.29, 1.82) is 0 Å². The molecule has 7 heteroatoms. The Morgan fingerprint density at radius 2 is 2.22 bits per heavy atom. The average molecular weight is 342 g/mol. The Hall–Kier alpha value is 0.756. The fraction of sp³-hybridized carbons (Fsp3) is 0.636. The van der Waals surface area contributed by atoms with Gasteiger partial charge in [-0.05, 0) is 19.3 Å². The van der Waals surface area contributed by atoms with Crippen molar-refractivity contribution < 1.29 is 70.5 Å². The van der Waals surface area contributed by atoms with Crippen LogP contribution >= 0.6 is 15.9 Å². The number of aromatic carboxylic acids is 1. The number of hydrogen-bond acceptors (Lipinski definition) is 5. The van der Waals surface area contributed by atoms with Crippen molar-refractivity contribution in [3.05, 3.63) is 17.0 Å². The molecule has 1 fully saturated rings. The zero-order chi connectivity index (χ0) is 12.6. The van der Waals surface area contributed by atoms with E-state index in [-0.39, 0.29) is 63.2 Å². The topological polar surface area (TPSA) is 75.4 Å². The molecule has 1 saturated heterocycles. The molecule has 2 heterocycles. The van der Waals surface area contributed by atoms with Crippen molar-refractivity contribution >= 4 is 21.9 Å². The second-order valence-corrected chi connectivity index (χ2v) is 5.53. The summed E-state index contributed by atoms with van der Waals surface area (Å²) in [7, 11) is 0. The van der Waals surface area contributed by atoms with Crippen LogP contribution in [-0.2, 0) is 4.74 Å². The molecule has 1 aliphatic heterocycles. The molecular weight excluding hydrogens is 329 g/mol. The Morgan fingerprint density at radius 3 is 2.72 bits per heavy atom. The van der Waals surface area contributed by atoms with E-state index in [0.717, 1.165) is 6.42 Å². The van der Waals surface area contributed by atoms with Crippen LogP contribution in [0.4, 0.5) is 0 Å². The number of ether oxygens (including phenoxy) is 1. The van der Waals surface area contributed by atoms with Gasteiger partial charge in [-0.15, -0.1) is 0 Å². The molecule has 0 spiro atoms. The third kappa shape index (κ3) is 3.44. The first-order valence-corrected chi connectivity index (χ1v) is 6.35. The quantitative estimate of drug-likeness (QED) is 0.469. The van der Waals surface area contributed by atoms with Gasteiger partial charge in [-0.25, -0.2) is 0 Å². The molecule has 0 radical (unpaired) electrons. The summed E-state index contributed by atoms with van der Waals surface area (Å²) in [6.45, 7) is 4.36. The van der Waals surface area contributed by atoms with Crippen LogP contribution in [0.5, 0.6) is 0 Å². The largest absolute Gasteiger partial charge is 1.00 e. The number of carboxylic acids is 1. The summed E-state index contributed by atoms with van der Waals surface area (Å²) in [4.78, 5) is 11.1. The molecule has 0 N–H and O–H groups in total. The van der Waals surface area contributed by atoms with Gasteiger partial charge in [0.05, 0.1) is 12.6 Å². The molecule has 0 bridgehead atoms. The van der Waals surface area contributed by atoms with Crippen LogP contribution in [0, 0.1) is 12.8 Å². The standard InChI is InChI=1S/C11H14BrNO4.K/c1-5-4-16-8(3-7(5)12)10-6(2)9(11(14)15)13-17-10;/h5,7-8H,3-4H2,1-2H3,(H,14,15);/q;+1/p-1. The third-order valence-corrected chi connectivity index (χ3v) is 4.34. The van der Waals surface area contributed by atoms with E-state index in [1.54, 1.807) is 6.92 Å². The SMILES string of the molecule is Cc1c(C(=O)[O-])noc1C1CC(Br)C(C)CO1.[K+]. The minimum absolute atomic E-state index is 0. The van der Waals surface area contributed by atoms with Crippen LogP contribution in [0.15, 0.2) is 4.52 Å². The summed E-state index contributed by atoms with van der Waals surface area (Å²) >= 11 is 3.58. The molecule has 3 atom stereocenters. The van der Waals surface area contributed by atoms with E-state index in [1.807, 2.05) is 0 Å². The number of alkyl halides is 1. The minimum atomic E-state index is -1.32. The van der Waals surface area contributed by atoms with Crippen LogP contribution in [0.1, 0.15) is 41.3 Å². The van der Waals surface area contributed by atoms with Gasteiger partial charge in [0.1, 0.15) is 11.8 Å². The fourth-order valence-electron chi connectivity index (χ4n) is 1.90. The zero-order valence-corrected chi connectivity index (χ0v) is 15.3. The second kappa shape index (κ2) is 6.96. The van der Waals surface area contributed by atoms with Gasteiger partial charge in [0.15, 0.2) is 5.76 Å². The first-order chi connectivity index (χ1) is 8.00. The number of hydrogen-bond donors (Lipinski definition) is 0. The Labute approximate surface area is 156 Å². The van der Waals surface area contributed by atoms with Gasteiger partial charge in [-0.3, -0.25) is 0 Å². The van der Waals surface area contributed by atoms with Gasteiger partial charge in [0, 0.05) is 10.4 Å². The van der Waals surface area contributed by atoms with Crippen molar-refractivity contribution in [2.24, 2.45) is 5.92 Å². The number of rotatable bonds is 2. The molecule has 2 rings (SSSR count). The average Bonchev–Trinajstić information content (AvgIpc) is 2.64. The van der Waals surface area contributed by atoms with Crippen molar-refractivity contribution in [3.8, 4) is 0 Å². The van der Waals surface area contributed by atoms with Crippen molar-refractivity contribution in [2.75, 3.05) is 6.61 Å². The van der Waals surface area contributed by atoms with Crippen LogP contribution in [0.25, 0.3) is 0 Å². The fourth-order valence-corrected chi connectivity index (χ4v) is 2.39.